The topological polar surface area (TPSA) is 25.4 Å². The molecule has 1 aliphatic heterocycles. The Morgan fingerprint density at radius 1 is 1.36 bits per heavy atom. The third kappa shape index (κ3) is 2.32. The van der Waals surface area contributed by atoms with E-state index in [0.29, 0.717) is 5.15 Å². The van der Waals surface area contributed by atoms with E-state index in [2.05, 4.69) is 22.5 Å². The second kappa shape index (κ2) is 4.38. The SMILES string of the molecule is Sc1cc(Cl)nc(N2CCOCC2)c1. The molecule has 1 aliphatic rings. The molecule has 0 amide bonds. The van der Waals surface area contributed by atoms with E-state index in [1.807, 2.05) is 6.07 Å². The van der Waals surface area contributed by atoms with Crippen molar-refractivity contribution in [1.29, 1.82) is 0 Å². The Morgan fingerprint density at radius 3 is 2.71 bits per heavy atom. The molecule has 0 N–H and O–H groups in total. The van der Waals surface area contributed by atoms with E-state index in [4.69, 9.17) is 16.3 Å². The van der Waals surface area contributed by atoms with Crippen molar-refractivity contribution in [2.75, 3.05) is 31.2 Å². The highest BCUT2D eigenvalue weighted by Crippen LogP contribution is 2.20. The highest BCUT2D eigenvalue weighted by molar-refractivity contribution is 7.80. The Labute approximate surface area is 93.4 Å². The van der Waals surface area contributed by atoms with E-state index in [1.54, 1.807) is 6.07 Å². The highest BCUT2D eigenvalue weighted by Gasteiger charge is 2.12. The molecule has 5 heteroatoms. The van der Waals surface area contributed by atoms with Gasteiger partial charge in [-0.05, 0) is 12.1 Å². The second-order valence-electron chi connectivity index (χ2n) is 3.11. The highest BCUT2D eigenvalue weighted by atomic mass is 35.5. The van der Waals surface area contributed by atoms with E-state index >= 15 is 0 Å². The number of nitrogens with zero attached hydrogens (tertiary/aromatic N) is 2. The summed E-state index contributed by atoms with van der Waals surface area (Å²) < 4.78 is 5.26. The number of hydrogen-bond acceptors (Lipinski definition) is 4. The number of thiol groups is 1. The van der Waals surface area contributed by atoms with Crippen molar-refractivity contribution in [3.63, 3.8) is 0 Å². The van der Waals surface area contributed by atoms with E-state index in [-0.39, 0.29) is 0 Å². The van der Waals surface area contributed by atoms with E-state index < -0.39 is 0 Å². The maximum Gasteiger partial charge on any atom is 0.132 e. The minimum Gasteiger partial charge on any atom is -0.378 e. The molecule has 1 saturated heterocycles. The number of anilines is 1. The van der Waals surface area contributed by atoms with Crippen molar-refractivity contribution in [3.8, 4) is 0 Å². The Balaban J connectivity index is 2.21. The summed E-state index contributed by atoms with van der Waals surface area (Å²) in [5.74, 6) is 0.880. The molecule has 1 aromatic rings. The zero-order chi connectivity index (χ0) is 9.97. The smallest absolute Gasteiger partial charge is 0.132 e. The number of pyridine rings is 1. The first-order valence-corrected chi connectivity index (χ1v) is 5.27. The Hall–Kier alpha value is -0.450. The number of rotatable bonds is 1. The fraction of sp³-hybridized carbons (Fsp3) is 0.444. The van der Waals surface area contributed by atoms with Gasteiger partial charge in [0.2, 0.25) is 0 Å². The molecule has 3 nitrogen and oxygen atoms in total. The lowest BCUT2D eigenvalue weighted by molar-refractivity contribution is 0.122. The zero-order valence-corrected chi connectivity index (χ0v) is 9.26. The minimum atomic E-state index is 0.485. The van der Waals surface area contributed by atoms with Gasteiger partial charge in [-0.15, -0.1) is 12.6 Å². The zero-order valence-electron chi connectivity index (χ0n) is 7.61. The molecule has 2 heterocycles. The van der Waals surface area contributed by atoms with Crippen molar-refractivity contribution in [3.05, 3.63) is 17.3 Å². The number of aromatic nitrogens is 1. The summed E-state index contributed by atoms with van der Waals surface area (Å²) >= 11 is 10.1. The van der Waals surface area contributed by atoms with Crippen LogP contribution in [0, 0.1) is 0 Å². The van der Waals surface area contributed by atoms with Crippen LogP contribution in [0.4, 0.5) is 5.82 Å². The van der Waals surface area contributed by atoms with Gasteiger partial charge in [-0.1, -0.05) is 11.6 Å². The first kappa shape index (κ1) is 10.1. The monoisotopic (exact) mass is 230 g/mol. The molecule has 76 valence electrons. The van der Waals surface area contributed by atoms with Crippen LogP contribution in [-0.4, -0.2) is 31.3 Å². The molecule has 14 heavy (non-hydrogen) atoms. The molecule has 0 aromatic carbocycles. The van der Waals surface area contributed by atoms with Gasteiger partial charge in [-0.3, -0.25) is 0 Å². The lowest BCUT2D eigenvalue weighted by Gasteiger charge is -2.27. The lowest BCUT2D eigenvalue weighted by Crippen LogP contribution is -2.36. The van der Waals surface area contributed by atoms with E-state index in [0.717, 1.165) is 37.0 Å². The fourth-order valence-corrected chi connectivity index (χ4v) is 1.94. The van der Waals surface area contributed by atoms with Crippen LogP contribution in [0.3, 0.4) is 0 Å². The Bertz CT molecular complexity index is 308. The van der Waals surface area contributed by atoms with Gasteiger partial charge in [0.1, 0.15) is 11.0 Å². The molecule has 0 bridgehead atoms. The van der Waals surface area contributed by atoms with Crippen LogP contribution in [0.2, 0.25) is 5.15 Å². The molecule has 1 fully saturated rings. The molecule has 0 spiro atoms. The van der Waals surface area contributed by atoms with Crippen molar-refractivity contribution >= 4 is 30.0 Å². The van der Waals surface area contributed by atoms with E-state index in [9.17, 15) is 0 Å². The molecule has 0 unspecified atom stereocenters. The first-order chi connectivity index (χ1) is 6.75. The number of morpholine rings is 1. The summed E-state index contributed by atoms with van der Waals surface area (Å²) in [6.45, 7) is 3.22. The van der Waals surface area contributed by atoms with Crippen LogP contribution in [0.25, 0.3) is 0 Å². The van der Waals surface area contributed by atoms with Crippen LogP contribution in [0.1, 0.15) is 0 Å². The molecule has 1 aromatic heterocycles. The third-order valence-corrected chi connectivity index (χ3v) is 2.55. The van der Waals surface area contributed by atoms with Crippen molar-refractivity contribution in [2.45, 2.75) is 4.90 Å². The predicted octanol–water partition coefficient (Wildman–Crippen LogP) is 1.86. The summed E-state index contributed by atoms with van der Waals surface area (Å²) in [6, 6.07) is 3.65. The van der Waals surface area contributed by atoms with Gasteiger partial charge in [0, 0.05) is 18.0 Å². The van der Waals surface area contributed by atoms with Gasteiger partial charge in [0.15, 0.2) is 0 Å². The largest absolute Gasteiger partial charge is 0.378 e. The molecule has 0 aliphatic carbocycles. The number of halogens is 1. The third-order valence-electron chi connectivity index (χ3n) is 2.10. The summed E-state index contributed by atoms with van der Waals surface area (Å²) in [5, 5.41) is 0.485. The molecular weight excluding hydrogens is 220 g/mol. The summed E-state index contributed by atoms with van der Waals surface area (Å²) in [7, 11) is 0. The number of hydrogen-bond donors (Lipinski definition) is 1. The maximum absolute atomic E-state index is 5.85. The van der Waals surface area contributed by atoms with Gasteiger partial charge in [0.05, 0.1) is 13.2 Å². The van der Waals surface area contributed by atoms with E-state index in [1.165, 1.54) is 0 Å². The first-order valence-electron chi connectivity index (χ1n) is 4.45. The van der Waals surface area contributed by atoms with Crippen LogP contribution < -0.4 is 4.90 Å². The van der Waals surface area contributed by atoms with Gasteiger partial charge >= 0.3 is 0 Å². The molecule has 2 rings (SSSR count). The van der Waals surface area contributed by atoms with Gasteiger partial charge < -0.3 is 9.64 Å². The van der Waals surface area contributed by atoms with Crippen LogP contribution in [-0.2, 0) is 4.74 Å². The van der Waals surface area contributed by atoms with Crippen LogP contribution in [0.5, 0.6) is 0 Å². The van der Waals surface area contributed by atoms with Crippen LogP contribution >= 0.6 is 24.2 Å². The molecular formula is C9H11ClN2OS. The second-order valence-corrected chi connectivity index (χ2v) is 4.01. The lowest BCUT2D eigenvalue weighted by atomic mass is 10.4. The van der Waals surface area contributed by atoms with Crippen molar-refractivity contribution in [2.24, 2.45) is 0 Å². The van der Waals surface area contributed by atoms with Crippen molar-refractivity contribution < 1.29 is 4.74 Å². The number of ether oxygens (including phenoxy) is 1. The quantitative estimate of drug-likeness (QED) is 0.589. The van der Waals surface area contributed by atoms with Crippen molar-refractivity contribution in [1.82, 2.24) is 4.98 Å². The summed E-state index contributed by atoms with van der Waals surface area (Å²) in [4.78, 5) is 7.23. The predicted molar refractivity (Wildman–Crippen MR) is 59.5 cm³/mol. The van der Waals surface area contributed by atoms with Crippen LogP contribution in [0.15, 0.2) is 17.0 Å². The molecule has 0 radical (unpaired) electrons. The Kier molecular flexibility index (Phi) is 3.15. The molecule has 0 saturated carbocycles. The normalized spacial score (nSPS) is 17.1. The standard InChI is InChI=1S/C9H11ClN2OS/c10-8-5-7(14)6-9(11-8)12-1-3-13-4-2-12/h5-6H,1-4H2,(H,11,14). The molecule has 0 atom stereocenters. The summed E-state index contributed by atoms with van der Waals surface area (Å²) in [5.41, 5.74) is 0. The van der Waals surface area contributed by atoms with Gasteiger partial charge in [0.25, 0.3) is 0 Å². The fourth-order valence-electron chi connectivity index (χ4n) is 1.42. The van der Waals surface area contributed by atoms with Gasteiger partial charge in [-0.25, -0.2) is 4.98 Å². The van der Waals surface area contributed by atoms with Gasteiger partial charge in [-0.2, -0.15) is 0 Å². The average molecular weight is 231 g/mol. The summed E-state index contributed by atoms with van der Waals surface area (Å²) in [6.07, 6.45) is 0. The Morgan fingerprint density at radius 2 is 2.07 bits per heavy atom. The average Bonchev–Trinajstić information content (AvgIpc) is 2.18. The minimum absolute atomic E-state index is 0.485. The maximum atomic E-state index is 5.85.